The third-order valence-electron chi connectivity index (χ3n) is 22.2. The molecule has 10 amide bonds. The lowest BCUT2D eigenvalue weighted by Gasteiger charge is -2.20. The number of nitrogens with zero attached hydrogens (tertiary/aromatic N) is 10. The number of rotatable bonds is 32. The molecule has 15 rings (SSSR count). The summed E-state index contributed by atoms with van der Waals surface area (Å²) in [7, 11) is -18.3. The van der Waals surface area contributed by atoms with E-state index in [1.807, 2.05) is 71.6 Å². The van der Waals surface area contributed by atoms with E-state index in [1.54, 1.807) is 164 Å². The normalized spacial score (nSPS) is 14.8. The van der Waals surface area contributed by atoms with Crippen LogP contribution in [-0.2, 0) is 57.0 Å². The average molecular weight is 2100 g/mol. The van der Waals surface area contributed by atoms with E-state index in [9.17, 15) is 66.1 Å². The van der Waals surface area contributed by atoms with Gasteiger partial charge in [0.2, 0.25) is 0 Å². The Morgan fingerprint density at radius 1 is 0.286 bits per heavy atom. The van der Waals surface area contributed by atoms with Crippen LogP contribution in [0.2, 0.25) is 5.02 Å². The highest BCUT2D eigenvalue weighted by molar-refractivity contribution is 9.10. The molecule has 0 bridgehead atoms. The fraction of sp³-hybridized carbons (Fsp3) is 0.363. The second-order valence-electron chi connectivity index (χ2n) is 36.5. The third-order valence-corrected chi connectivity index (χ3v) is 29.2. The molecule has 0 spiro atoms. The van der Waals surface area contributed by atoms with Crippen molar-refractivity contribution in [3.63, 3.8) is 0 Å². The first kappa shape index (κ1) is 108. The fourth-order valence-electron chi connectivity index (χ4n) is 15.8. The number of halogens is 2. The zero-order chi connectivity index (χ0) is 102. The zero-order valence-electron chi connectivity index (χ0n) is 81.4. The quantitative estimate of drug-likeness (QED) is 0.0353. The summed E-state index contributed by atoms with van der Waals surface area (Å²) < 4.78 is 158. The van der Waals surface area contributed by atoms with Crippen molar-refractivity contribution in [1.82, 2.24) is 24.5 Å². The van der Waals surface area contributed by atoms with Crippen molar-refractivity contribution in [1.29, 1.82) is 0 Å². The number of ether oxygens (including phenoxy) is 1. The number of anilines is 5. The van der Waals surface area contributed by atoms with Crippen LogP contribution >= 0.6 is 27.5 Å². The van der Waals surface area contributed by atoms with Crippen LogP contribution in [0.4, 0.5) is 52.4 Å². The van der Waals surface area contributed by atoms with Gasteiger partial charge in [-0.05, 0) is 280 Å². The minimum Gasteiger partial charge on any atom is -0.497 e. The molecule has 5 aliphatic heterocycles. The second kappa shape index (κ2) is 47.4. The van der Waals surface area contributed by atoms with Crippen molar-refractivity contribution in [3.05, 3.63) is 262 Å². The number of urea groups is 5. The van der Waals surface area contributed by atoms with Crippen LogP contribution in [-0.4, -0.2) is 202 Å². The minimum absolute atomic E-state index is 0.0135. The van der Waals surface area contributed by atoms with Gasteiger partial charge in [-0.2, -0.15) is 42.1 Å². The van der Waals surface area contributed by atoms with E-state index in [1.165, 1.54) is 79.9 Å². The van der Waals surface area contributed by atoms with Gasteiger partial charge in [0, 0.05) is 148 Å². The predicted octanol–water partition coefficient (Wildman–Crippen LogP) is 20.0. The largest absolute Gasteiger partial charge is 0.497 e. The maximum absolute atomic E-state index is 12.7. The first-order valence-corrected chi connectivity index (χ1v) is 54.2. The smallest absolute Gasteiger partial charge is 0.339 e. The minimum atomic E-state index is -4.01. The number of carbonyl (C=O) groups is 5. The van der Waals surface area contributed by atoms with E-state index < -0.39 is 50.6 Å². The standard InChI is InChI=1S/C22H28N2O5S.C20H23BrN2O4S.C20H23ClN2O4S.2C20H24N2O4S/c1-5-17-12-19(28-4)14-20(13-17)29-30(26,27)21-8-6-18(7-9-21)24-11-10-23(22(24)25)15-16(2)3;2*1-14(2)13-22-8-9-23(20(22)24)17-4-6-19(7-5-17)28(25,26)27-18-11-15(3)10-16(21)12-18;2*1-15(2)14-21-11-12-22(20(21)23)17-7-9-19(10-8-17)27(24,25)26-18-6-4-5-16(3)13-18/h6-9,12-14,16H,5,10-11,15H2,1-4H3;2*4-7,10-12,14H,8-9,13H2,1-3H3;2*4-10,13,15H,11-12,14H2,1-3H3. The highest BCUT2D eigenvalue weighted by Crippen LogP contribution is 2.35. The number of hydrogen-bond donors (Lipinski definition) is 0. The lowest BCUT2D eigenvalue weighted by molar-refractivity contribution is 0.214. The van der Waals surface area contributed by atoms with Crippen molar-refractivity contribution in [2.24, 2.45) is 29.6 Å². The maximum Gasteiger partial charge on any atom is 0.339 e. The van der Waals surface area contributed by atoms with Crippen molar-refractivity contribution in [2.45, 2.75) is 135 Å². The number of aryl methyl sites for hydroxylation is 5. The zero-order valence-corrected chi connectivity index (χ0v) is 87.8. The third kappa shape index (κ3) is 29.5. The molecule has 5 aliphatic rings. The molecule has 5 heterocycles. The van der Waals surface area contributed by atoms with Gasteiger partial charge in [0.1, 0.15) is 59.0 Å². The molecule has 10 aromatic rings. The molecule has 5 fully saturated rings. The van der Waals surface area contributed by atoms with E-state index >= 15 is 0 Å². The Morgan fingerprint density at radius 3 is 0.757 bits per heavy atom. The predicted molar refractivity (Wildman–Crippen MR) is 547 cm³/mol. The highest BCUT2D eigenvalue weighted by Gasteiger charge is 2.37. The summed E-state index contributed by atoms with van der Waals surface area (Å²) in [5, 5.41) is 0.402. The number of amides is 10. The van der Waals surface area contributed by atoms with Gasteiger partial charge in [-0.3, -0.25) is 24.5 Å². The van der Waals surface area contributed by atoms with Crippen molar-refractivity contribution >= 4 is 137 Å². The van der Waals surface area contributed by atoms with E-state index in [2.05, 4.69) is 85.2 Å². The monoisotopic (exact) mass is 2100 g/mol. The number of carbonyl (C=O) groups excluding carboxylic acids is 5. The Bertz CT molecular complexity index is 6270. The molecule has 31 nitrogen and oxygen atoms in total. The van der Waals surface area contributed by atoms with Gasteiger partial charge in [0.05, 0.1) is 7.11 Å². The van der Waals surface area contributed by atoms with Crippen LogP contribution < -0.4 is 50.2 Å². The van der Waals surface area contributed by atoms with Crippen LogP contribution in [0.5, 0.6) is 34.5 Å². The van der Waals surface area contributed by atoms with Crippen molar-refractivity contribution in [3.8, 4) is 34.5 Å². The van der Waals surface area contributed by atoms with Crippen molar-refractivity contribution < 1.29 is 91.7 Å². The number of methoxy groups -OCH3 is 1. The number of benzene rings is 10. The van der Waals surface area contributed by atoms with Gasteiger partial charge < -0.3 is 50.2 Å². The first-order valence-electron chi connectivity index (χ1n) is 46.0. The van der Waals surface area contributed by atoms with Crippen LogP contribution in [0.25, 0.3) is 0 Å². The summed E-state index contributed by atoms with van der Waals surface area (Å²) in [6.45, 7) is 39.9. The van der Waals surface area contributed by atoms with Gasteiger partial charge in [-0.1, -0.05) is 128 Å². The SMILES string of the molecule is CCc1cc(OC)cc(OS(=O)(=O)c2ccc(N3CCN(CC(C)C)C3=O)cc2)c1.Cc1cc(Br)cc(OS(=O)(=O)c2ccc(N3CCN(CC(C)C)C3=O)cc2)c1.Cc1cc(Cl)cc(OS(=O)(=O)c2ccc(N3CCN(CC(C)C)C3=O)cc2)c1.Cc1cccc(OS(=O)(=O)c2ccc(N3CCN(CC(C)C)C3=O)cc2)c1.Cc1cccc(OS(=O)(=O)c2ccc(N3CCN(CC(C)C)C3=O)cc2)c1. The Kier molecular flexibility index (Phi) is 36.7. The molecule has 750 valence electrons. The van der Waals surface area contributed by atoms with E-state index in [0.717, 1.165) is 38.7 Å². The molecule has 0 unspecified atom stereocenters. The number of hydrogen-bond acceptors (Lipinski definition) is 21. The molecule has 0 saturated carbocycles. The summed E-state index contributed by atoms with van der Waals surface area (Å²) in [6.07, 6.45) is 0.722. The molecular formula is C102H122BrClN10O21S5. The molecule has 10 aromatic carbocycles. The summed E-state index contributed by atoms with van der Waals surface area (Å²) >= 11 is 9.29. The lowest BCUT2D eigenvalue weighted by atomic mass is 10.1. The summed E-state index contributed by atoms with van der Waals surface area (Å²) in [4.78, 5) is 80.2. The molecule has 0 aromatic heterocycles. The Morgan fingerprint density at radius 2 is 0.521 bits per heavy atom. The van der Waals surface area contributed by atoms with Gasteiger partial charge in [-0.25, -0.2) is 24.0 Å². The molecule has 140 heavy (non-hydrogen) atoms. The van der Waals surface area contributed by atoms with Gasteiger partial charge in [-0.15, -0.1) is 0 Å². The molecule has 5 saturated heterocycles. The topological polar surface area (TPSA) is 344 Å². The van der Waals surface area contributed by atoms with Gasteiger partial charge >= 0.3 is 80.7 Å². The summed E-state index contributed by atoms with van der Waals surface area (Å²) in [6, 6.07) is 59.4. The van der Waals surface area contributed by atoms with Gasteiger partial charge in [0.25, 0.3) is 0 Å². The lowest BCUT2D eigenvalue weighted by Crippen LogP contribution is -2.34. The fourth-order valence-corrected chi connectivity index (χ4v) is 21.3. The first-order chi connectivity index (χ1) is 66.1. The van der Waals surface area contributed by atoms with Crippen LogP contribution in [0.15, 0.2) is 253 Å². The van der Waals surface area contributed by atoms with Crippen LogP contribution in [0.3, 0.4) is 0 Å². The summed E-state index contributed by atoms with van der Waals surface area (Å²) in [5.41, 5.74) is 7.78. The highest BCUT2D eigenvalue weighted by atomic mass is 79.9. The maximum atomic E-state index is 12.7. The van der Waals surface area contributed by atoms with Gasteiger partial charge in [0.15, 0.2) is 0 Å². The molecule has 0 atom stereocenters. The van der Waals surface area contributed by atoms with E-state index in [-0.39, 0.29) is 83.4 Å². The molecule has 38 heteroatoms. The molecule has 0 aliphatic carbocycles. The average Bonchev–Trinajstić information content (AvgIpc) is 1.71. The summed E-state index contributed by atoms with van der Waals surface area (Å²) in [5.74, 6) is 3.68. The molecular weight excluding hydrogens is 1980 g/mol. The van der Waals surface area contributed by atoms with Crippen molar-refractivity contribution in [2.75, 3.05) is 130 Å². The van der Waals surface area contributed by atoms with Crippen LogP contribution in [0.1, 0.15) is 104 Å². The Labute approximate surface area is 837 Å². The van der Waals surface area contributed by atoms with Crippen LogP contribution in [0, 0.1) is 57.3 Å². The molecule has 0 N–H and O–H groups in total. The Balaban J connectivity index is 0.000000167. The second-order valence-corrected chi connectivity index (χ2v) is 45.5. The molecule has 0 radical (unpaired) electrons. The Hall–Kier alpha value is -12.1. The van der Waals surface area contributed by atoms with E-state index in [0.29, 0.717) is 167 Å². The van der Waals surface area contributed by atoms with E-state index in [4.69, 9.17) is 37.3 Å².